The van der Waals surface area contributed by atoms with Crippen molar-refractivity contribution in [3.63, 3.8) is 0 Å². The molecule has 0 aliphatic heterocycles. The Labute approximate surface area is 120 Å². The third-order valence-electron chi connectivity index (χ3n) is 3.59. The molecule has 0 bridgehead atoms. The van der Waals surface area contributed by atoms with Crippen LogP contribution in [-0.4, -0.2) is 23.7 Å². The molecule has 1 heterocycles. The van der Waals surface area contributed by atoms with E-state index in [0.29, 0.717) is 0 Å². The lowest BCUT2D eigenvalue weighted by Crippen LogP contribution is -2.20. The first-order valence-corrected chi connectivity index (χ1v) is 7.08. The predicted molar refractivity (Wildman–Crippen MR) is 82.9 cm³/mol. The molecule has 1 atom stereocenters. The van der Waals surface area contributed by atoms with Gasteiger partial charge in [-0.15, -0.1) is 0 Å². The molecule has 2 aromatic rings. The van der Waals surface area contributed by atoms with Gasteiger partial charge in [-0.05, 0) is 48.2 Å². The predicted octanol–water partition coefficient (Wildman–Crippen LogP) is 3.20. The monoisotopic (exact) mass is 270 g/mol. The second-order valence-corrected chi connectivity index (χ2v) is 5.04. The first kappa shape index (κ1) is 14.5. The summed E-state index contributed by atoms with van der Waals surface area (Å²) in [6.07, 6.45) is 5.05. The van der Waals surface area contributed by atoms with E-state index in [1.807, 2.05) is 31.5 Å². The van der Waals surface area contributed by atoms with Gasteiger partial charge < -0.3 is 10.0 Å². The van der Waals surface area contributed by atoms with Gasteiger partial charge in [0.2, 0.25) is 0 Å². The van der Waals surface area contributed by atoms with E-state index in [1.54, 1.807) is 0 Å². The Morgan fingerprint density at radius 2 is 1.75 bits per heavy atom. The van der Waals surface area contributed by atoms with Crippen molar-refractivity contribution in [3.8, 4) is 0 Å². The summed E-state index contributed by atoms with van der Waals surface area (Å²) < 4.78 is 0. The Morgan fingerprint density at radius 1 is 1.10 bits per heavy atom. The van der Waals surface area contributed by atoms with Crippen molar-refractivity contribution in [3.05, 3.63) is 59.9 Å². The Hall–Kier alpha value is -1.87. The SMILES string of the molecule is CC[C@H](O)c1ccc(N(C)CCc2ccncc2)cc1. The minimum atomic E-state index is -0.355. The molecule has 1 N–H and O–H groups in total. The van der Waals surface area contributed by atoms with E-state index in [4.69, 9.17) is 0 Å². The van der Waals surface area contributed by atoms with Gasteiger partial charge in [-0.1, -0.05) is 19.1 Å². The quantitative estimate of drug-likeness (QED) is 0.875. The Balaban J connectivity index is 1.94. The van der Waals surface area contributed by atoms with Crippen LogP contribution in [0.2, 0.25) is 0 Å². The van der Waals surface area contributed by atoms with E-state index >= 15 is 0 Å². The highest BCUT2D eigenvalue weighted by molar-refractivity contribution is 5.47. The van der Waals surface area contributed by atoms with Crippen LogP contribution in [0.1, 0.15) is 30.6 Å². The van der Waals surface area contributed by atoms with Crippen LogP contribution in [0.5, 0.6) is 0 Å². The first-order chi connectivity index (χ1) is 9.70. The number of likely N-dealkylation sites (N-methyl/N-ethyl adjacent to an activating group) is 1. The molecule has 0 fully saturated rings. The van der Waals surface area contributed by atoms with Gasteiger partial charge in [0.05, 0.1) is 6.10 Å². The van der Waals surface area contributed by atoms with Crippen molar-refractivity contribution >= 4 is 5.69 Å². The number of aliphatic hydroxyl groups excluding tert-OH is 1. The molecular weight excluding hydrogens is 248 g/mol. The van der Waals surface area contributed by atoms with Crippen LogP contribution in [0.4, 0.5) is 5.69 Å². The Bertz CT molecular complexity index is 510. The molecule has 0 radical (unpaired) electrons. The molecule has 0 aliphatic rings. The fraction of sp³-hybridized carbons (Fsp3) is 0.353. The summed E-state index contributed by atoms with van der Waals surface area (Å²) in [5, 5.41) is 9.79. The third kappa shape index (κ3) is 3.81. The molecule has 0 unspecified atom stereocenters. The fourth-order valence-corrected chi connectivity index (χ4v) is 2.16. The highest BCUT2D eigenvalue weighted by Crippen LogP contribution is 2.20. The topological polar surface area (TPSA) is 36.4 Å². The maximum atomic E-state index is 9.79. The number of hydrogen-bond acceptors (Lipinski definition) is 3. The van der Waals surface area contributed by atoms with E-state index in [-0.39, 0.29) is 6.10 Å². The summed E-state index contributed by atoms with van der Waals surface area (Å²) in [5.74, 6) is 0. The van der Waals surface area contributed by atoms with Crippen molar-refractivity contribution < 1.29 is 5.11 Å². The number of pyridine rings is 1. The van der Waals surface area contributed by atoms with E-state index < -0.39 is 0 Å². The Morgan fingerprint density at radius 3 is 2.35 bits per heavy atom. The van der Waals surface area contributed by atoms with E-state index in [1.165, 1.54) is 11.3 Å². The van der Waals surface area contributed by atoms with Crippen LogP contribution in [0.3, 0.4) is 0 Å². The highest BCUT2D eigenvalue weighted by atomic mass is 16.3. The summed E-state index contributed by atoms with van der Waals surface area (Å²) in [7, 11) is 2.09. The molecule has 3 nitrogen and oxygen atoms in total. The molecule has 0 spiro atoms. The van der Waals surface area contributed by atoms with Gasteiger partial charge in [-0.2, -0.15) is 0 Å². The molecule has 0 aliphatic carbocycles. The summed E-state index contributed by atoms with van der Waals surface area (Å²) in [6.45, 7) is 2.94. The zero-order chi connectivity index (χ0) is 14.4. The van der Waals surface area contributed by atoms with Crippen LogP contribution < -0.4 is 4.90 Å². The van der Waals surface area contributed by atoms with Gasteiger partial charge in [-0.3, -0.25) is 4.98 Å². The summed E-state index contributed by atoms with van der Waals surface area (Å²) in [4.78, 5) is 6.25. The zero-order valence-electron chi connectivity index (χ0n) is 12.2. The largest absolute Gasteiger partial charge is 0.388 e. The highest BCUT2D eigenvalue weighted by Gasteiger charge is 2.06. The van der Waals surface area contributed by atoms with E-state index in [9.17, 15) is 5.11 Å². The molecule has 1 aromatic carbocycles. The van der Waals surface area contributed by atoms with Crippen molar-refractivity contribution in [1.82, 2.24) is 4.98 Å². The fourth-order valence-electron chi connectivity index (χ4n) is 2.16. The lowest BCUT2D eigenvalue weighted by Gasteiger charge is -2.20. The standard InChI is InChI=1S/C17H22N2O/c1-3-17(20)15-4-6-16(7-5-15)19(2)13-10-14-8-11-18-12-9-14/h4-9,11-12,17,20H,3,10,13H2,1-2H3/t17-/m0/s1. The molecule has 0 saturated heterocycles. The number of nitrogens with zero attached hydrogens (tertiary/aromatic N) is 2. The average molecular weight is 270 g/mol. The van der Waals surface area contributed by atoms with Crippen LogP contribution in [0.15, 0.2) is 48.8 Å². The number of aliphatic hydroxyl groups is 1. The summed E-state index contributed by atoms with van der Waals surface area (Å²) in [6, 6.07) is 12.3. The van der Waals surface area contributed by atoms with Crippen molar-refractivity contribution in [1.29, 1.82) is 0 Å². The zero-order valence-corrected chi connectivity index (χ0v) is 12.2. The molecule has 3 heteroatoms. The molecule has 0 amide bonds. The molecule has 0 saturated carbocycles. The lowest BCUT2D eigenvalue weighted by atomic mass is 10.1. The maximum Gasteiger partial charge on any atom is 0.0787 e. The van der Waals surface area contributed by atoms with Crippen LogP contribution in [-0.2, 0) is 6.42 Å². The van der Waals surface area contributed by atoms with Gasteiger partial charge in [0.25, 0.3) is 0 Å². The van der Waals surface area contributed by atoms with E-state index in [0.717, 1.165) is 24.9 Å². The van der Waals surface area contributed by atoms with Gasteiger partial charge >= 0.3 is 0 Å². The Kier molecular flexibility index (Phi) is 5.13. The number of aromatic nitrogens is 1. The summed E-state index contributed by atoms with van der Waals surface area (Å²) in [5.41, 5.74) is 3.45. The van der Waals surface area contributed by atoms with Gasteiger partial charge in [-0.25, -0.2) is 0 Å². The van der Waals surface area contributed by atoms with Crippen LogP contribution in [0.25, 0.3) is 0 Å². The smallest absolute Gasteiger partial charge is 0.0787 e. The van der Waals surface area contributed by atoms with Gasteiger partial charge in [0, 0.05) is 31.7 Å². The molecule has 20 heavy (non-hydrogen) atoms. The minimum Gasteiger partial charge on any atom is -0.388 e. The van der Waals surface area contributed by atoms with Crippen molar-refractivity contribution in [2.45, 2.75) is 25.9 Å². The molecular formula is C17H22N2O. The van der Waals surface area contributed by atoms with Gasteiger partial charge in [0.15, 0.2) is 0 Å². The second-order valence-electron chi connectivity index (χ2n) is 5.04. The minimum absolute atomic E-state index is 0.355. The lowest BCUT2D eigenvalue weighted by molar-refractivity contribution is 0.173. The van der Waals surface area contributed by atoms with Crippen LogP contribution in [0, 0.1) is 0 Å². The third-order valence-corrected chi connectivity index (χ3v) is 3.59. The number of rotatable bonds is 6. The average Bonchev–Trinajstić information content (AvgIpc) is 2.53. The van der Waals surface area contributed by atoms with Crippen LogP contribution >= 0.6 is 0 Å². The van der Waals surface area contributed by atoms with Gasteiger partial charge in [0.1, 0.15) is 0 Å². The summed E-state index contributed by atoms with van der Waals surface area (Å²) >= 11 is 0. The second kappa shape index (κ2) is 7.06. The normalized spacial score (nSPS) is 12.2. The first-order valence-electron chi connectivity index (χ1n) is 7.08. The van der Waals surface area contributed by atoms with E-state index in [2.05, 4.69) is 41.2 Å². The number of benzene rings is 1. The maximum absolute atomic E-state index is 9.79. The molecule has 106 valence electrons. The number of hydrogen-bond donors (Lipinski definition) is 1. The molecule has 2 rings (SSSR count). The molecule has 1 aromatic heterocycles. The number of anilines is 1. The van der Waals surface area contributed by atoms with Crippen molar-refractivity contribution in [2.75, 3.05) is 18.5 Å². The van der Waals surface area contributed by atoms with Crippen molar-refractivity contribution in [2.24, 2.45) is 0 Å².